The summed E-state index contributed by atoms with van der Waals surface area (Å²) in [5.74, 6) is -0.314. The maximum Gasteiger partial charge on any atom is 0.260 e. The maximum atomic E-state index is 12.9. The third kappa shape index (κ3) is 5.03. The highest BCUT2D eigenvalue weighted by molar-refractivity contribution is 5.93. The maximum absolute atomic E-state index is 12.9. The summed E-state index contributed by atoms with van der Waals surface area (Å²) in [7, 11) is 3.86. The summed E-state index contributed by atoms with van der Waals surface area (Å²) in [5.41, 5.74) is 1.86. The topological polar surface area (TPSA) is 80.2 Å². The molecule has 0 aliphatic carbocycles. The number of likely N-dealkylation sites (N-methyl/N-ethyl adjacent to an activating group) is 1. The Hall–Kier alpha value is -2.91. The van der Waals surface area contributed by atoms with Crippen LogP contribution in [0.25, 0.3) is 0 Å². The predicted molar refractivity (Wildman–Crippen MR) is 96.3 cm³/mol. The number of aryl methyl sites for hydroxylation is 1. The van der Waals surface area contributed by atoms with Crippen molar-refractivity contribution in [3.8, 4) is 6.07 Å². The second-order valence-electron chi connectivity index (χ2n) is 6.23. The van der Waals surface area contributed by atoms with Crippen LogP contribution in [0.15, 0.2) is 41.2 Å². The van der Waals surface area contributed by atoms with Crippen LogP contribution in [-0.2, 0) is 6.54 Å². The van der Waals surface area contributed by atoms with Crippen molar-refractivity contribution >= 4 is 5.91 Å². The first-order valence-corrected chi connectivity index (χ1v) is 8.03. The molecular formula is C19H22N4O2. The van der Waals surface area contributed by atoms with Crippen LogP contribution in [0.5, 0.6) is 0 Å². The Morgan fingerprint density at radius 3 is 2.60 bits per heavy atom. The van der Waals surface area contributed by atoms with E-state index in [1.807, 2.05) is 25.1 Å². The zero-order valence-corrected chi connectivity index (χ0v) is 14.7. The number of carbonyl (C=O) groups is 1. The fraction of sp³-hybridized carbons (Fsp3) is 0.316. The fourth-order valence-corrected chi connectivity index (χ4v) is 2.44. The lowest BCUT2D eigenvalue weighted by Gasteiger charge is -2.24. The summed E-state index contributed by atoms with van der Waals surface area (Å²) in [4.78, 5) is 31.3. The summed E-state index contributed by atoms with van der Waals surface area (Å²) in [6.45, 7) is 3.27. The minimum atomic E-state index is -0.384. The third-order valence-corrected chi connectivity index (χ3v) is 3.82. The Bertz CT molecular complexity index is 849. The monoisotopic (exact) mass is 338 g/mol. The molecule has 2 rings (SSSR count). The number of hydrogen-bond acceptors (Lipinski definition) is 4. The van der Waals surface area contributed by atoms with Crippen molar-refractivity contribution < 1.29 is 4.79 Å². The van der Waals surface area contributed by atoms with Gasteiger partial charge >= 0.3 is 0 Å². The Balaban J connectivity index is 2.29. The first-order chi connectivity index (χ1) is 11.9. The molecule has 2 aromatic rings. The standard InChI is InChI=1S/C19H22N4O2/c1-14-7-8-17(18(24)21-14)19(25)23(10-9-22(2)3)13-16-6-4-5-15(11-16)12-20/h4-8,11H,9-10,13H2,1-3H3,(H,21,24). The van der Waals surface area contributed by atoms with Crippen LogP contribution in [0.2, 0.25) is 0 Å². The largest absolute Gasteiger partial charge is 0.333 e. The van der Waals surface area contributed by atoms with Crippen molar-refractivity contribution in [1.29, 1.82) is 5.26 Å². The third-order valence-electron chi connectivity index (χ3n) is 3.82. The lowest BCUT2D eigenvalue weighted by molar-refractivity contribution is 0.0730. The molecule has 0 aliphatic heterocycles. The molecule has 1 aromatic carbocycles. The van der Waals surface area contributed by atoms with Gasteiger partial charge < -0.3 is 14.8 Å². The van der Waals surface area contributed by atoms with Gasteiger partial charge in [-0.15, -0.1) is 0 Å². The molecule has 1 heterocycles. The first-order valence-electron chi connectivity index (χ1n) is 8.03. The molecule has 0 saturated heterocycles. The van der Waals surface area contributed by atoms with Crippen molar-refractivity contribution in [2.45, 2.75) is 13.5 Å². The molecule has 0 atom stereocenters. The van der Waals surface area contributed by atoms with Crippen LogP contribution in [0.4, 0.5) is 0 Å². The van der Waals surface area contributed by atoms with E-state index in [1.165, 1.54) is 0 Å². The molecule has 0 saturated carbocycles. The second-order valence-corrected chi connectivity index (χ2v) is 6.23. The van der Waals surface area contributed by atoms with Gasteiger partial charge in [0, 0.05) is 25.3 Å². The van der Waals surface area contributed by atoms with Gasteiger partial charge in [0.2, 0.25) is 0 Å². The number of pyridine rings is 1. The number of nitrogens with zero attached hydrogens (tertiary/aromatic N) is 3. The van der Waals surface area contributed by atoms with Crippen molar-refractivity contribution in [2.75, 3.05) is 27.2 Å². The zero-order valence-electron chi connectivity index (χ0n) is 14.7. The number of aromatic amines is 1. The summed E-state index contributed by atoms with van der Waals surface area (Å²) in [5, 5.41) is 9.04. The number of amides is 1. The van der Waals surface area contributed by atoms with Crippen LogP contribution in [-0.4, -0.2) is 47.9 Å². The van der Waals surface area contributed by atoms with E-state index >= 15 is 0 Å². The molecular weight excluding hydrogens is 316 g/mol. The molecule has 1 N–H and O–H groups in total. The molecule has 0 fully saturated rings. The number of nitriles is 1. The second kappa shape index (κ2) is 8.27. The zero-order chi connectivity index (χ0) is 18.4. The van der Waals surface area contributed by atoms with Crippen molar-refractivity contribution in [3.63, 3.8) is 0 Å². The normalized spacial score (nSPS) is 10.5. The lowest BCUT2D eigenvalue weighted by Crippen LogP contribution is -2.38. The number of aromatic nitrogens is 1. The van der Waals surface area contributed by atoms with Crippen LogP contribution in [0.3, 0.4) is 0 Å². The van der Waals surface area contributed by atoms with Crippen molar-refractivity contribution in [3.05, 3.63) is 69.1 Å². The van der Waals surface area contributed by atoms with Gasteiger partial charge in [-0.25, -0.2) is 0 Å². The van der Waals surface area contributed by atoms with E-state index in [0.717, 1.165) is 5.56 Å². The fourth-order valence-electron chi connectivity index (χ4n) is 2.44. The van der Waals surface area contributed by atoms with Crippen LogP contribution in [0.1, 0.15) is 27.2 Å². The molecule has 130 valence electrons. The Morgan fingerprint density at radius 2 is 1.96 bits per heavy atom. The number of rotatable bonds is 6. The summed E-state index contributed by atoms with van der Waals surface area (Å²) < 4.78 is 0. The predicted octanol–water partition coefficient (Wildman–Crippen LogP) is 1.76. The van der Waals surface area contributed by atoms with Crippen molar-refractivity contribution in [1.82, 2.24) is 14.8 Å². The Kier molecular flexibility index (Phi) is 6.09. The summed E-state index contributed by atoms with van der Waals surface area (Å²) >= 11 is 0. The average Bonchev–Trinajstić information content (AvgIpc) is 2.58. The number of hydrogen-bond donors (Lipinski definition) is 1. The quantitative estimate of drug-likeness (QED) is 0.870. The van der Waals surface area contributed by atoms with Gasteiger partial charge in [0.05, 0.1) is 11.6 Å². The smallest absolute Gasteiger partial charge is 0.260 e. The minimum absolute atomic E-state index is 0.126. The van der Waals surface area contributed by atoms with E-state index < -0.39 is 0 Å². The molecule has 0 aliphatic rings. The van der Waals surface area contributed by atoms with E-state index in [4.69, 9.17) is 5.26 Å². The number of carbonyl (C=O) groups excluding carboxylic acids is 1. The SMILES string of the molecule is Cc1ccc(C(=O)N(CCN(C)C)Cc2cccc(C#N)c2)c(=O)[nH]1. The van der Waals surface area contributed by atoms with E-state index in [9.17, 15) is 9.59 Å². The van der Waals surface area contributed by atoms with E-state index in [-0.39, 0.29) is 17.0 Å². The Labute approximate surface area is 147 Å². The van der Waals surface area contributed by atoms with E-state index in [2.05, 4.69) is 11.1 Å². The highest BCUT2D eigenvalue weighted by atomic mass is 16.2. The average molecular weight is 338 g/mol. The van der Waals surface area contributed by atoms with Gasteiger partial charge in [-0.3, -0.25) is 9.59 Å². The van der Waals surface area contributed by atoms with E-state index in [0.29, 0.717) is 30.9 Å². The van der Waals surface area contributed by atoms with Crippen molar-refractivity contribution in [2.24, 2.45) is 0 Å². The van der Waals surface area contributed by atoms with Gasteiger partial charge in [0.15, 0.2) is 0 Å². The number of nitrogens with one attached hydrogen (secondary N) is 1. The van der Waals surface area contributed by atoms with Crippen LogP contribution >= 0.6 is 0 Å². The molecule has 1 aromatic heterocycles. The summed E-state index contributed by atoms with van der Waals surface area (Å²) in [6, 6.07) is 12.5. The highest BCUT2D eigenvalue weighted by Gasteiger charge is 2.19. The number of H-pyrrole nitrogens is 1. The molecule has 6 heteroatoms. The van der Waals surface area contributed by atoms with Gasteiger partial charge in [-0.1, -0.05) is 12.1 Å². The summed E-state index contributed by atoms with van der Waals surface area (Å²) in [6.07, 6.45) is 0. The molecule has 0 spiro atoms. The number of benzene rings is 1. The van der Waals surface area contributed by atoms with Crippen LogP contribution in [0, 0.1) is 18.3 Å². The molecule has 0 bridgehead atoms. The first kappa shape index (κ1) is 18.4. The van der Waals surface area contributed by atoms with Gasteiger partial charge in [0.1, 0.15) is 5.56 Å². The van der Waals surface area contributed by atoms with Gasteiger partial charge in [-0.05, 0) is 50.8 Å². The van der Waals surface area contributed by atoms with Gasteiger partial charge in [0.25, 0.3) is 11.5 Å². The van der Waals surface area contributed by atoms with Crippen LogP contribution < -0.4 is 5.56 Å². The molecule has 6 nitrogen and oxygen atoms in total. The Morgan fingerprint density at radius 1 is 1.20 bits per heavy atom. The lowest BCUT2D eigenvalue weighted by atomic mass is 10.1. The van der Waals surface area contributed by atoms with Gasteiger partial charge in [-0.2, -0.15) is 5.26 Å². The van der Waals surface area contributed by atoms with E-state index in [1.54, 1.807) is 42.2 Å². The molecule has 0 radical (unpaired) electrons. The molecule has 1 amide bonds. The highest BCUT2D eigenvalue weighted by Crippen LogP contribution is 2.10. The molecule has 25 heavy (non-hydrogen) atoms. The molecule has 0 unspecified atom stereocenters. The minimum Gasteiger partial charge on any atom is -0.333 e.